The third-order valence-corrected chi connectivity index (χ3v) is 4.28. The molecule has 0 aromatic carbocycles. The summed E-state index contributed by atoms with van der Waals surface area (Å²) in [6, 6.07) is 5.11. The summed E-state index contributed by atoms with van der Waals surface area (Å²) in [6.45, 7) is 2.23. The molecule has 1 N–H and O–H groups in total. The van der Waals surface area contributed by atoms with Crippen molar-refractivity contribution in [1.82, 2.24) is 10.1 Å². The summed E-state index contributed by atoms with van der Waals surface area (Å²) in [5.74, 6) is 0.807. The van der Waals surface area contributed by atoms with Crippen LogP contribution < -0.4 is 5.32 Å². The van der Waals surface area contributed by atoms with Crippen molar-refractivity contribution >= 4 is 29.0 Å². The Hall–Kier alpha value is -2.15. The SMILES string of the molecule is Cc1cc(NC(=O)[C@H]2CCC(=O)N2Cc2cccs2)no1. The number of aromatic nitrogens is 1. The molecule has 110 valence electrons. The second kappa shape index (κ2) is 5.69. The molecule has 1 atom stereocenters. The lowest BCUT2D eigenvalue weighted by Gasteiger charge is -2.23. The Kier molecular flexibility index (Phi) is 3.74. The molecule has 2 aromatic rings. The highest BCUT2D eigenvalue weighted by atomic mass is 32.1. The number of hydrogen-bond donors (Lipinski definition) is 1. The largest absolute Gasteiger partial charge is 0.360 e. The number of thiophene rings is 1. The summed E-state index contributed by atoms with van der Waals surface area (Å²) >= 11 is 1.58. The van der Waals surface area contributed by atoms with Gasteiger partial charge >= 0.3 is 0 Å². The second-order valence-corrected chi connectivity index (χ2v) is 6.00. The second-order valence-electron chi connectivity index (χ2n) is 4.97. The van der Waals surface area contributed by atoms with Gasteiger partial charge in [-0.15, -0.1) is 11.3 Å². The molecular weight excluding hydrogens is 290 g/mol. The number of anilines is 1. The average molecular weight is 305 g/mol. The van der Waals surface area contributed by atoms with Crippen LogP contribution in [-0.2, 0) is 16.1 Å². The molecule has 0 bridgehead atoms. The Labute approximate surface area is 125 Å². The van der Waals surface area contributed by atoms with Crippen molar-refractivity contribution < 1.29 is 14.1 Å². The first kappa shape index (κ1) is 13.8. The first-order chi connectivity index (χ1) is 10.1. The van der Waals surface area contributed by atoms with Crippen LogP contribution in [0.1, 0.15) is 23.5 Å². The number of nitrogens with one attached hydrogen (secondary N) is 1. The van der Waals surface area contributed by atoms with E-state index in [0.29, 0.717) is 31.0 Å². The van der Waals surface area contributed by atoms with Gasteiger partial charge in [0.2, 0.25) is 11.8 Å². The third-order valence-electron chi connectivity index (χ3n) is 3.42. The minimum atomic E-state index is -0.448. The highest BCUT2D eigenvalue weighted by Crippen LogP contribution is 2.24. The van der Waals surface area contributed by atoms with Crippen LogP contribution in [0.5, 0.6) is 0 Å². The molecule has 1 fully saturated rings. The molecule has 1 aliphatic rings. The topological polar surface area (TPSA) is 75.4 Å². The van der Waals surface area contributed by atoms with Crippen molar-refractivity contribution in [2.75, 3.05) is 5.32 Å². The van der Waals surface area contributed by atoms with Gasteiger partial charge in [0.1, 0.15) is 11.8 Å². The summed E-state index contributed by atoms with van der Waals surface area (Å²) < 4.78 is 4.92. The molecule has 2 aromatic heterocycles. The molecule has 0 spiro atoms. The van der Waals surface area contributed by atoms with E-state index >= 15 is 0 Å². The van der Waals surface area contributed by atoms with Crippen LogP contribution in [0.15, 0.2) is 28.1 Å². The highest BCUT2D eigenvalue weighted by Gasteiger charge is 2.36. The van der Waals surface area contributed by atoms with Gasteiger partial charge in [-0.05, 0) is 24.8 Å². The van der Waals surface area contributed by atoms with E-state index in [1.165, 1.54) is 0 Å². The fourth-order valence-corrected chi connectivity index (χ4v) is 3.11. The van der Waals surface area contributed by atoms with Crippen LogP contribution in [0.3, 0.4) is 0 Å². The van der Waals surface area contributed by atoms with Crippen LogP contribution in [0.25, 0.3) is 0 Å². The lowest BCUT2D eigenvalue weighted by Crippen LogP contribution is -2.41. The van der Waals surface area contributed by atoms with Crippen molar-refractivity contribution in [3.05, 3.63) is 34.2 Å². The molecule has 21 heavy (non-hydrogen) atoms. The molecule has 7 heteroatoms. The van der Waals surface area contributed by atoms with Gasteiger partial charge < -0.3 is 14.7 Å². The van der Waals surface area contributed by atoms with E-state index in [-0.39, 0.29) is 11.8 Å². The smallest absolute Gasteiger partial charge is 0.248 e. The van der Waals surface area contributed by atoms with E-state index in [2.05, 4.69) is 10.5 Å². The molecule has 1 saturated heterocycles. The maximum atomic E-state index is 12.3. The first-order valence-corrected chi connectivity index (χ1v) is 7.57. The average Bonchev–Trinajstić information content (AvgIpc) is 3.15. The third kappa shape index (κ3) is 2.97. The molecule has 3 rings (SSSR count). The molecule has 6 nitrogen and oxygen atoms in total. The van der Waals surface area contributed by atoms with Gasteiger partial charge in [-0.3, -0.25) is 9.59 Å². The van der Waals surface area contributed by atoms with Crippen molar-refractivity contribution in [3.8, 4) is 0 Å². The van der Waals surface area contributed by atoms with Gasteiger partial charge in [0, 0.05) is 17.4 Å². The zero-order valence-electron chi connectivity index (χ0n) is 11.5. The molecule has 0 aliphatic carbocycles. The Balaban J connectivity index is 1.70. The number of hydrogen-bond acceptors (Lipinski definition) is 5. The van der Waals surface area contributed by atoms with Crippen LogP contribution in [-0.4, -0.2) is 27.9 Å². The quantitative estimate of drug-likeness (QED) is 0.939. The van der Waals surface area contributed by atoms with Crippen molar-refractivity contribution in [2.45, 2.75) is 32.4 Å². The standard InChI is InChI=1S/C14H15N3O3S/c1-9-7-12(16-20-9)15-14(19)11-4-5-13(18)17(11)8-10-3-2-6-21-10/h2-3,6-7,11H,4-5,8H2,1H3,(H,15,16,19)/t11-/m1/s1. The molecule has 0 radical (unpaired) electrons. The molecule has 3 heterocycles. The van der Waals surface area contributed by atoms with Gasteiger partial charge in [0.25, 0.3) is 0 Å². The summed E-state index contributed by atoms with van der Waals surface area (Å²) in [5.41, 5.74) is 0. The Bertz CT molecular complexity index is 650. The number of rotatable bonds is 4. The molecule has 0 saturated carbocycles. The normalized spacial score (nSPS) is 18.2. The summed E-state index contributed by atoms with van der Waals surface area (Å²) in [4.78, 5) is 27.0. The molecule has 2 amide bonds. The fraction of sp³-hybridized carbons (Fsp3) is 0.357. The zero-order chi connectivity index (χ0) is 14.8. The van der Waals surface area contributed by atoms with Gasteiger partial charge in [-0.2, -0.15) is 0 Å². The van der Waals surface area contributed by atoms with E-state index < -0.39 is 6.04 Å². The predicted molar refractivity (Wildman–Crippen MR) is 77.8 cm³/mol. The number of likely N-dealkylation sites (tertiary alicyclic amines) is 1. The maximum Gasteiger partial charge on any atom is 0.248 e. The Morgan fingerprint density at radius 1 is 1.62 bits per heavy atom. The first-order valence-electron chi connectivity index (χ1n) is 6.69. The molecule has 1 aliphatic heterocycles. The summed E-state index contributed by atoms with van der Waals surface area (Å²) in [6.07, 6.45) is 0.939. The number of aryl methyl sites for hydroxylation is 1. The van der Waals surface area contributed by atoms with Crippen molar-refractivity contribution in [2.24, 2.45) is 0 Å². The summed E-state index contributed by atoms with van der Waals surface area (Å²) in [5, 5.41) is 8.40. The monoisotopic (exact) mass is 305 g/mol. The van der Waals surface area contributed by atoms with Crippen molar-refractivity contribution in [1.29, 1.82) is 0 Å². The number of carbonyl (C=O) groups is 2. The fourth-order valence-electron chi connectivity index (χ4n) is 2.41. The Morgan fingerprint density at radius 2 is 2.48 bits per heavy atom. The van der Waals surface area contributed by atoms with E-state index in [9.17, 15) is 9.59 Å². The van der Waals surface area contributed by atoms with E-state index in [4.69, 9.17) is 4.52 Å². The summed E-state index contributed by atoms with van der Waals surface area (Å²) in [7, 11) is 0. The zero-order valence-corrected chi connectivity index (χ0v) is 12.4. The lowest BCUT2D eigenvalue weighted by atomic mass is 10.2. The van der Waals surface area contributed by atoms with Gasteiger partial charge in [0.05, 0.1) is 6.54 Å². The Morgan fingerprint density at radius 3 is 3.14 bits per heavy atom. The predicted octanol–water partition coefficient (Wildman–Crippen LogP) is 2.17. The minimum Gasteiger partial charge on any atom is -0.360 e. The van der Waals surface area contributed by atoms with Crippen LogP contribution in [0, 0.1) is 6.92 Å². The number of amides is 2. The maximum absolute atomic E-state index is 12.3. The lowest BCUT2D eigenvalue weighted by molar-refractivity contribution is -0.133. The van der Waals surface area contributed by atoms with Crippen molar-refractivity contribution in [3.63, 3.8) is 0 Å². The van der Waals surface area contributed by atoms with Gasteiger partial charge in [-0.25, -0.2) is 0 Å². The van der Waals surface area contributed by atoms with Crippen LogP contribution in [0.4, 0.5) is 5.82 Å². The minimum absolute atomic E-state index is 0.0138. The number of nitrogens with zero attached hydrogens (tertiary/aromatic N) is 2. The van der Waals surface area contributed by atoms with E-state index in [0.717, 1.165) is 4.88 Å². The number of carbonyl (C=O) groups excluding carboxylic acids is 2. The van der Waals surface area contributed by atoms with Gasteiger partial charge in [-0.1, -0.05) is 11.2 Å². The van der Waals surface area contributed by atoms with E-state index in [1.807, 2.05) is 17.5 Å². The van der Waals surface area contributed by atoms with Crippen LogP contribution >= 0.6 is 11.3 Å². The molecule has 0 unspecified atom stereocenters. The highest BCUT2D eigenvalue weighted by molar-refractivity contribution is 7.09. The van der Waals surface area contributed by atoms with Gasteiger partial charge in [0.15, 0.2) is 5.82 Å². The molecular formula is C14H15N3O3S. The van der Waals surface area contributed by atoms with Crippen LogP contribution in [0.2, 0.25) is 0 Å². The van der Waals surface area contributed by atoms with E-state index in [1.54, 1.807) is 29.2 Å².